The highest BCUT2D eigenvalue weighted by molar-refractivity contribution is 5.88. The van der Waals surface area contributed by atoms with E-state index in [-0.39, 0.29) is 17.8 Å². The van der Waals surface area contributed by atoms with Gasteiger partial charge in [-0.25, -0.2) is 4.79 Å². The zero-order chi connectivity index (χ0) is 23.4. The molecule has 0 saturated carbocycles. The summed E-state index contributed by atoms with van der Waals surface area (Å²) in [6, 6.07) is 18.3. The van der Waals surface area contributed by atoms with E-state index in [2.05, 4.69) is 41.3 Å². The molecule has 0 radical (unpaired) electrons. The third-order valence-electron chi connectivity index (χ3n) is 6.65. The number of Topliss-reactive ketones (excluding diaryl/α,β-unsaturated/α-hetero) is 1. The summed E-state index contributed by atoms with van der Waals surface area (Å²) in [6.45, 7) is 8.15. The van der Waals surface area contributed by atoms with E-state index in [0.717, 1.165) is 32.4 Å². The number of piperazine rings is 1. The predicted octanol–water partition coefficient (Wildman–Crippen LogP) is 5.19. The molecule has 0 N–H and O–H groups in total. The number of carbonyl (C=O) groups is 2. The Morgan fingerprint density at radius 3 is 2.48 bits per heavy atom. The molecule has 5 nitrogen and oxygen atoms in total. The van der Waals surface area contributed by atoms with Crippen LogP contribution < -0.4 is 0 Å². The van der Waals surface area contributed by atoms with Crippen molar-refractivity contribution in [2.75, 3.05) is 19.6 Å². The number of ketones is 1. The largest absolute Gasteiger partial charge is 0.444 e. The van der Waals surface area contributed by atoms with Crippen LogP contribution in [0.15, 0.2) is 54.6 Å². The average molecular weight is 449 g/mol. The average Bonchev–Trinajstić information content (AvgIpc) is 2.79. The van der Waals surface area contributed by atoms with Gasteiger partial charge in [0.1, 0.15) is 11.6 Å². The first-order chi connectivity index (χ1) is 15.8. The zero-order valence-electron chi connectivity index (χ0n) is 20.1. The zero-order valence-corrected chi connectivity index (χ0v) is 20.1. The van der Waals surface area contributed by atoms with Crippen molar-refractivity contribution in [2.45, 2.75) is 70.6 Å². The first kappa shape index (κ1) is 23.5. The molecule has 1 heterocycles. The number of rotatable bonds is 5. The molecule has 0 aromatic heterocycles. The second-order valence-electron chi connectivity index (χ2n) is 10.4. The summed E-state index contributed by atoms with van der Waals surface area (Å²) < 4.78 is 5.67. The Morgan fingerprint density at radius 2 is 1.73 bits per heavy atom. The van der Waals surface area contributed by atoms with Crippen LogP contribution in [0.5, 0.6) is 0 Å². The molecule has 0 spiro atoms. The number of hydrogen-bond donors (Lipinski definition) is 0. The number of carbonyl (C=O) groups excluding carboxylic acids is 2. The van der Waals surface area contributed by atoms with Crippen molar-refractivity contribution in [2.24, 2.45) is 0 Å². The van der Waals surface area contributed by atoms with Gasteiger partial charge in [-0.05, 0) is 62.6 Å². The number of ether oxygens (including phenoxy) is 1. The maximum absolute atomic E-state index is 13.7. The fourth-order valence-corrected chi connectivity index (χ4v) is 5.08. The SMILES string of the molecule is CC(C)(C)OC(=O)N1CCN(Cc2ccccc2)C[C@H]1C(=O)C[C@@H]1CCCc2ccccc21. The van der Waals surface area contributed by atoms with E-state index in [1.807, 2.05) is 39.0 Å². The molecule has 0 bridgehead atoms. The Morgan fingerprint density at radius 1 is 1.00 bits per heavy atom. The number of fused-ring (bicyclic) bond motifs is 1. The van der Waals surface area contributed by atoms with Gasteiger partial charge in [0.25, 0.3) is 0 Å². The third-order valence-corrected chi connectivity index (χ3v) is 6.65. The van der Waals surface area contributed by atoms with Crippen LogP contribution in [0.25, 0.3) is 0 Å². The van der Waals surface area contributed by atoms with Crippen LogP contribution >= 0.6 is 0 Å². The molecular formula is C28H36N2O3. The maximum atomic E-state index is 13.7. The Labute approximate surface area is 197 Å². The molecule has 2 aliphatic rings. The molecule has 2 atom stereocenters. The summed E-state index contributed by atoms with van der Waals surface area (Å²) in [6.07, 6.45) is 3.30. The van der Waals surface area contributed by atoms with Gasteiger partial charge in [-0.3, -0.25) is 14.6 Å². The lowest BCUT2D eigenvalue weighted by Gasteiger charge is -2.41. The van der Waals surface area contributed by atoms with Crippen molar-refractivity contribution in [3.05, 3.63) is 71.3 Å². The third kappa shape index (κ3) is 6.02. The molecule has 1 fully saturated rings. The number of aryl methyl sites for hydroxylation is 1. The lowest BCUT2D eigenvalue weighted by atomic mass is 9.79. The van der Waals surface area contributed by atoms with Gasteiger partial charge in [0.15, 0.2) is 5.78 Å². The Hall–Kier alpha value is -2.66. The molecule has 1 saturated heterocycles. The first-order valence-corrected chi connectivity index (χ1v) is 12.2. The standard InChI is InChI=1S/C28H36N2O3/c1-28(2,3)33-27(32)30-17-16-29(19-21-10-5-4-6-11-21)20-25(30)26(31)18-23-14-9-13-22-12-7-8-15-24(22)23/h4-8,10-12,15,23,25H,9,13-14,16-20H2,1-3H3/t23-,25-/m0/s1. The minimum absolute atomic E-state index is 0.139. The fraction of sp³-hybridized carbons (Fsp3) is 0.500. The van der Waals surface area contributed by atoms with Crippen LogP contribution in [0.2, 0.25) is 0 Å². The smallest absolute Gasteiger partial charge is 0.410 e. The van der Waals surface area contributed by atoms with E-state index in [9.17, 15) is 9.59 Å². The van der Waals surface area contributed by atoms with Crippen LogP contribution in [0.1, 0.15) is 62.6 Å². The topological polar surface area (TPSA) is 49.9 Å². The summed E-state index contributed by atoms with van der Waals surface area (Å²) >= 11 is 0. The molecule has 2 aromatic rings. The predicted molar refractivity (Wildman–Crippen MR) is 130 cm³/mol. The highest BCUT2D eigenvalue weighted by Crippen LogP contribution is 2.35. The van der Waals surface area contributed by atoms with Gasteiger partial charge in [-0.15, -0.1) is 0 Å². The molecule has 4 rings (SSSR count). The summed E-state index contributed by atoms with van der Waals surface area (Å²) in [5, 5.41) is 0. The van der Waals surface area contributed by atoms with E-state index in [1.165, 1.54) is 16.7 Å². The molecule has 176 valence electrons. The lowest BCUT2D eigenvalue weighted by molar-refractivity contribution is -0.127. The van der Waals surface area contributed by atoms with Crippen molar-refractivity contribution < 1.29 is 14.3 Å². The lowest BCUT2D eigenvalue weighted by Crippen LogP contribution is -2.58. The molecule has 1 aliphatic carbocycles. The van der Waals surface area contributed by atoms with Crippen molar-refractivity contribution in [3.8, 4) is 0 Å². The molecule has 2 aromatic carbocycles. The summed E-state index contributed by atoms with van der Waals surface area (Å²) in [4.78, 5) is 30.7. The molecule has 33 heavy (non-hydrogen) atoms. The van der Waals surface area contributed by atoms with E-state index in [0.29, 0.717) is 19.5 Å². The van der Waals surface area contributed by atoms with E-state index >= 15 is 0 Å². The molecule has 5 heteroatoms. The van der Waals surface area contributed by atoms with Gasteiger partial charge >= 0.3 is 6.09 Å². The van der Waals surface area contributed by atoms with Crippen LogP contribution in [0.3, 0.4) is 0 Å². The highest BCUT2D eigenvalue weighted by Gasteiger charge is 2.38. The fourth-order valence-electron chi connectivity index (χ4n) is 5.08. The van der Waals surface area contributed by atoms with Crippen LogP contribution in [0, 0.1) is 0 Å². The van der Waals surface area contributed by atoms with E-state index < -0.39 is 11.6 Å². The maximum Gasteiger partial charge on any atom is 0.410 e. The molecular weight excluding hydrogens is 412 g/mol. The quantitative estimate of drug-likeness (QED) is 0.632. The molecule has 0 unspecified atom stereocenters. The Kier molecular flexibility index (Phi) is 7.18. The minimum Gasteiger partial charge on any atom is -0.444 e. The summed E-state index contributed by atoms with van der Waals surface area (Å²) in [5.41, 5.74) is 3.29. The molecule has 1 amide bonds. The number of amides is 1. The van der Waals surface area contributed by atoms with Gasteiger partial charge in [0.2, 0.25) is 0 Å². The first-order valence-electron chi connectivity index (χ1n) is 12.2. The number of hydrogen-bond acceptors (Lipinski definition) is 4. The molecule has 1 aliphatic heterocycles. The van der Waals surface area contributed by atoms with Gasteiger partial charge < -0.3 is 4.74 Å². The van der Waals surface area contributed by atoms with Crippen molar-refractivity contribution in [3.63, 3.8) is 0 Å². The second kappa shape index (κ2) is 10.1. The number of nitrogens with zero attached hydrogens (tertiary/aromatic N) is 2. The Bertz CT molecular complexity index is 967. The van der Waals surface area contributed by atoms with E-state index in [1.54, 1.807) is 4.90 Å². The Balaban J connectivity index is 1.51. The second-order valence-corrected chi connectivity index (χ2v) is 10.4. The summed E-state index contributed by atoms with van der Waals surface area (Å²) in [7, 11) is 0. The van der Waals surface area contributed by atoms with Crippen molar-refractivity contribution in [1.29, 1.82) is 0 Å². The minimum atomic E-state index is -0.589. The van der Waals surface area contributed by atoms with Crippen molar-refractivity contribution >= 4 is 11.9 Å². The number of benzene rings is 2. The summed E-state index contributed by atoms with van der Waals surface area (Å²) in [5.74, 6) is 0.368. The van der Waals surface area contributed by atoms with E-state index in [4.69, 9.17) is 4.74 Å². The highest BCUT2D eigenvalue weighted by atomic mass is 16.6. The normalized spacial score (nSPS) is 21.4. The van der Waals surface area contributed by atoms with Crippen LogP contribution in [0.4, 0.5) is 4.79 Å². The van der Waals surface area contributed by atoms with Crippen LogP contribution in [-0.2, 0) is 22.5 Å². The monoisotopic (exact) mass is 448 g/mol. The van der Waals surface area contributed by atoms with Gasteiger partial charge in [0, 0.05) is 32.6 Å². The van der Waals surface area contributed by atoms with Crippen molar-refractivity contribution in [1.82, 2.24) is 9.80 Å². The van der Waals surface area contributed by atoms with Crippen LogP contribution in [-0.4, -0.2) is 53.0 Å². The van der Waals surface area contributed by atoms with Gasteiger partial charge in [-0.1, -0.05) is 54.6 Å². The van der Waals surface area contributed by atoms with Gasteiger partial charge in [0.05, 0.1) is 0 Å². The van der Waals surface area contributed by atoms with Gasteiger partial charge in [-0.2, -0.15) is 0 Å².